The first-order valence-corrected chi connectivity index (χ1v) is 6.47. The Balaban J connectivity index is 2.20. The molecule has 0 spiro atoms. The van der Waals surface area contributed by atoms with Crippen LogP contribution in [0.15, 0.2) is 0 Å². The van der Waals surface area contributed by atoms with Crippen molar-refractivity contribution in [1.82, 2.24) is 5.32 Å². The molecule has 70 valence electrons. The number of alkyl halides is 1. The first kappa shape index (κ1) is 10.4. The van der Waals surface area contributed by atoms with Gasteiger partial charge in [-0.15, -0.1) is 11.8 Å². The van der Waals surface area contributed by atoms with Gasteiger partial charge < -0.3 is 5.32 Å². The van der Waals surface area contributed by atoms with Gasteiger partial charge in [-0.1, -0.05) is 22.4 Å². The number of hydrogen-bond acceptors (Lipinski definition) is 2. The Morgan fingerprint density at radius 1 is 1.58 bits per heavy atom. The molecule has 12 heavy (non-hydrogen) atoms. The third-order valence-electron chi connectivity index (χ3n) is 1.87. The fourth-order valence-corrected chi connectivity index (χ4v) is 2.65. The summed E-state index contributed by atoms with van der Waals surface area (Å²) >= 11 is 5.07. The molecule has 1 saturated heterocycles. The molecule has 4 heteroatoms. The second-order valence-electron chi connectivity index (χ2n) is 2.84. The molecule has 0 radical (unpaired) electrons. The predicted octanol–water partition coefficient (Wildman–Crippen LogP) is 1.78. The van der Waals surface area contributed by atoms with Crippen molar-refractivity contribution in [2.45, 2.75) is 24.5 Å². The van der Waals surface area contributed by atoms with Gasteiger partial charge in [0.2, 0.25) is 5.91 Å². The summed E-state index contributed by atoms with van der Waals surface area (Å²) in [7, 11) is 0. The number of rotatable bonds is 3. The maximum atomic E-state index is 11.4. The summed E-state index contributed by atoms with van der Waals surface area (Å²) in [6.07, 6.45) is 3.53. The van der Waals surface area contributed by atoms with Crippen molar-refractivity contribution in [3.63, 3.8) is 0 Å². The lowest BCUT2D eigenvalue weighted by Crippen LogP contribution is -2.35. The highest BCUT2D eigenvalue weighted by molar-refractivity contribution is 9.09. The molecule has 1 amide bonds. The average molecular weight is 252 g/mol. The smallest absolute Gasteiger partial charge is 0.233 e. The summed E-state index contributed by atoms with van der Waals surface area (Å²) < 4.78 is 0. The van der Waals surface area contributed by atoms with Crippen LogP contribution in [0.1, 0.15) is 19.3 Å². The van der Waals surface area contributed by atoms with Crippen molar-refractivity contribution < 1.29 is 4.79 Å². The first-order valence-electron chi connectivity index (χ1n) is 4.30. The van der Waals surface area contributed by atoms with Gasteiger partial charge in [-0.3, -0.25) is 4.79 Å². The van der Waals surface area contributed by atoms with Crippen LogP contribution >= 0.6 is 27.7 Å². The zero-order valence-electron chi connectivity index (χ0n) is 7.01. The molecule has 1 heterocycles. The second kappa shape index (κ2) is 5.86. The van der Waals surface area contributed by atoms with Crippen LogP contribution in [-0.4, -0.2) is 28.8 Å². The Kier molecular flexibility index (Phi) is 5.07. The molecular weight excluding hydrogens is 238 g/mol. The van der Waals surface area contributed by atoms with E-state index in [0.29, 0.717) is 0 Å². The Morgan fingerprint density at radius 3 is 3.00 bits per heavy atom. The molecule has 1 rings (SSSR count). The highest BCUT2D eigenvalue weighted by Gasteiger charge is 2.20. The molecular formula is C8H14BrNOS. The zero-order chi connectivity index (χ0) is 8.81. The first-order chi connectivity index (χ1) is 5.84. The molecule has 1 aliphatic rings. The predicted molar refractivity (Wildman–Crippen MR) is 56.9 cm³/mol. The maximum Gasteiger partial charge on any atom is 0.233 e. The number of hydrogen-bond donors (Lipinski definition) is 1. The standard InChI is InChI=1S/C8H14BrNOS/c9-4-5-10-8(11)7-3-1-2-6-12-7/h7H,1-6H2,(H,10,11). The molecule has 1 unspecified atom stereocenters. The Labute approximate surface area is 86.0 Å². The van der Waals surface area contributed by atoms with Gasteiger partial charge in [0.15, 0.2) is 0 Å². The van der Waals surface area contributed by atoms with Gasteiger partial charge in [-0.05, 0) is 18.6 Å². The lowest BCUT2D eigenvalue weighted by Gasteiger charge is -2.19. The Bertz CT molecular complexity index is 148. The van der Waals surface area contributed by atoms with Crippen LogP contribution in [0.3, 0.4) is 0 Å². The highest BCUT2D eigenvalue weighted by atomic mass is 79.9. The molecule has 1 fully saturated rings. The normalized spacial score (nSPS) is 23.6. The van der Waals surface area contributed by atoms with Gasteiger partial charge in [0.25, 0.3) is 0 Å². The fourth-order valence-electron chi connectivity index (χ4n) is 1.23. The number of amides is 1. The molecule has 1 N–H and O–H groups in total. The molecule has 1 atom stereocenters. The fraction of sp³-hybridized carbons (Fsp3) is 0.875. The molecule has 1 aliphatic heterocycles. The van der Waals surface area contributed by atoms with E-state index < -0.39 is 0 Å². The summed E-state index contributed by atoms with van der Waals surface area (Å²) in [6.45, 7) is 0.746. The number of nitrogens with one attached hydrogen (secondary N) is 1. The van der Waals surface area contributed by atoms with Crippen molar-refractivity contribution in [2.75, 3.05) is 17.6 Å². The average Bonchev–Trinajstić information content (AvgIpc) is 2.15. The van der Waals surface area contributed by atoms with Gasteiger partial charge in [0.05, 0.1) is 5.25 Å². The second-order valence-corrected chi connectivity index (χ2v) is 4.94. The van der Waals surface area contributed by atoms with Crippen molar-refractivity contribution in [3.05, 3.63) is 0 Å². The molecule has 0 aliphatic carbocycles. The van der Waals surface area contributed by atoms with Crippen LogP contribution in [0.5, 0.6) is 0 Å². The molecule has 0 bridgehead atoms. The number of carbonyl (C=O) groups is 1. The van der Waals surface area contributed by atoms with Gasteiger partial charge in [0.1, 0.15) is 0 Å². The minimum atomic E-state index is 0.220. The third-order valence-corrected chi connectivity index (χ3v) is 3.64. The van der Waals surface area contributed by atoms with E-state index in [0.717, 1.165) is 24.0 Å². The maximum absolute atomic E-state index is 11.4. The van der Waals surface area contributed by atoms with Crippen LogP contribution in [0, 0.1) is 0 Å². The Morgan fingerprint density at radius 2 is 2.42 bits per heavy atom. The zero-order valence-corrected chi connectivity index (χ0v) is 9.42. The van der Waals surface area contributed by atoms with E-state index in [2.05, 4.69) is 21.2 Å². The van der Waals surface area contributed by atoms with Gasteiger partial charge in [-0.25, -0.2) is 0 Å². The third kappa shape index (κ3) is 3.35. The molecule has 2 nitrogen and oxygen atoms in total. The SMILES string of the molecule is O=C(NCCBr)C1CCCCS1. The lowest BCUT2D eigenvalue weighted by atomic mass is 10.2. The Hall–Kier alpha value is 0.300. The topological polar surface area (TPSA) is 29.1 Å². The summed E-state index contributed by atoms with van der Waals surface area (Å²) in [5.74, 6) is 1.37. The van der Waals surface area contributed by atoms with Crippen LogP contribution in [0.2, 0.25) is 0 Å². The van der Waals surface area contributed by atoms with Crippen LogP contribution in [0.25, 0.3) is 0 Å². The quantitative estimate of drug-likeness (QED) is 0.776. The summed E-state index contributed by atoms with van der Waals surface area (Å²) in [4.78, 5) is 11.4. The van der Waals surface area contributed by atoms with Crippen molar-refractivity contribution >= 4 is 33.6 Å². The van der Waals surface area contributed by atoms with E-state index in [1.807, 2.05) is 0 Å². The van der Waals surface area contributed by atoms with E-state index in [4.69, 9.17) is 0 Å². The molecule has 0 saturated carbocycles. The van der Waals surface area contributed by atoms with E-state index in [-0.39, 0.29) is 11.2 Å². The molecule has 0 aromatic heterocycles. The van der Waals surface area contributed by atoms with Crippen LogP contribution in [-0.2, 0) is 4.79 Å². The molecule has 0 aromatic carbocycles. The van der Waals surface area contributed by atoms with E-state index in [9.17, 15) is 4.79 Å². The number of halogens is 1. The van der Waals surface area contributed by atoms with Crippen LogP contribution < -0.4 is 5.32 Å². The minimum Gasteiger partial charge on any atom is -0.354 e. The summed E-state index contributed by atoms with van der Waals surface area (Å²) in [5, 5.41) is 3.96. The van der Waals surface area contributed by atoms with Crippen LogP contribution in [0.4, 0.5) is 0 Å². The van der Waals surface area contributed by atoms with E-state index in [1.165, 1.54) is 12.8 Å². The molecule has 0 aromatic rings. The van der Waals surface area contributed by atoms with E-state index in [1.54, 1.807) is 11.8 Å². The monoisotopic (exact) mass is 251 g/mol. The van der Waals surface area contributed by atoms with Gasteiger partial charge in [-0.2, -0.15) is 0 Å². The largest absolute Gasteiger partial charge is 0.354 e. The van der Waals surface area contributed by atoms with Gasteiger partial charge in [0, 0.05) is 11.9 Å². The van der Waals surface area contributed by atoms with Crippen molar-refractivity contribution in [2.24, 2.45) is 0 Å². The number of thioether (sulfide) groups is 1. The summed E-state index contributed by atoms with van der Waals surface area (Å²) in [5.41, 5.74) is 0. The van der Waals surface area contributed by atoms with Gasteiger partial charge >= 0.3 is 0 Å². The van der Waals surface area contributed by atoms with Crippen molar-refractivity contribution in [1.29, 1.82) is 0 Å². The number of carbonyl (C=O) groups excluding carboxylic acids is 1. The lowest BCUT2D eigenvalue weighted by molar-refractivity contribution is -0.120. The van der Waals surface area contributed by atoms with Crippen molar-refractivity contribution in [3.8, 4) is 0 Å². The highest BCUT2D eigenvalue weighted by Crippen LogP contribution is 2.24. The summed E-state index contributed by atoms with van der Waals surface area (Å²) in [6, 6.07) is 0. The van der Waals surface area contributed by atoms with E-state index >= 15 is 0 Å². The minimum absolute atomic E-state index is 0.220.